The van der Waals surface area contributed by atoms with Crippen LogP contribution in [0.4, 0.5) is 0 Å². The lowest BCUT2D eigenvalue weighted by Gasteiger charge is -2.36. The third-order valence-corrected chi connectivity index (χ3v) is 4.50. The number of Topliss-reactive ketones (excluding diaryl/α,β-unsaturated/α-hetero) is 1. The topological polar surface area (TPSA) is 17.1 Å². The van der Waals surface area contributed by atoms with E-state index in [-0.39, 0.29) is 10.7 Å². The molecule has 0 aromatic rings. The van der Waals surface area contributed by atoms with Gasteiger partial charge in [0.15, 0.2) is 0 Å². The molecule has 1 saturated heterocycles. The molecule has 0 aromatic heterocycles. The number of carbonyl (C=O) groups is 1. The molecule has 14 heavy (non-hydrogen) atoms. The van der Waals surface area contributed by atoms with Crippen molar-refractivity contribution in [2.24, 2.45) is 5.92 Å². The Morgan fingerprint density at radius 3 is 2.93 bits per heavy atom. The Labute approximate surface area is 97.1 Å². The number of hydrogen-bond donors (Lipinski definition) is 0. The van der Waals surface area contributed by atoms with Crippen LogP contribution in [0.1, 0.15) is 26.7 Å². The Morgan fingerprint density at radius 1 is 1.50 bits per heavy atom. The molecule has 0 bridgehead atoms. The van der Waals surface area contributed by atoms with Gasteiger partial charge in [-0.2, -0.15) is 0 Å². The molecule has 1 unspecified atom stereocenters. The number of allylic oxidation sites excluding steroid dienone is 4. The smallest absolute Gasteiger partial charge is 0.142 e. The van der Waals surface area contributed by atoms with Crippen molar-refractivity contribution in [3.8, 4) is 0 Å². The van der Waals surface area contributed by atoms with Gasteiger partial charge in [-0.05, 0) is 29.7 Å². The van der Waals surface area contributed by atoms with Crippen LogP contribution in [0.25, 0.3) is 0 Å². The van der Waals surface area contributed by atoms with Crippen molar-refractivity contribution >= 4 is 33.5 Å². The fraction of sp³-hybridized carbons (Fsp3) is 0.545. The zero-order chi connectivity index (χ0) is 10.3. The van der Waals surface area contributed by atoms with Crippen LogP contribution in [0.3, 0.4) is 0 Å². The molecule has 0 radical (unpaired) electrons. The molecule has 1 aliphatic carbocycles. The van der Waals surface area contributed by atoms with Crippen LogP contribution < -0.4 is 0 Å². The summed E-state index contributed by atoms with van der Waals surface area (Å²) >= 11 is 5.31. The van der Waals surface area contributed by atoms with Crippen molar-refractivity contribution in [3.63, 3.8) is 0 Å². The molecule has 0 N–H and O–H groups in total. The summed E-state index contributed by atoms with van der Waals surface area (Å²) < 4.78 is 1.22. The van der Waals surface area contributed by atoms with Gasteiger partial charge in [-0.3, -0.25) is 4.79 Å². The summed E-state index contributed by atoms with van der Waals surface area (Å²) in [6.07, 6.45) is 5.70. The van der Waals surface area contributed by atoms with Gasteiger partial charge in [0, 0.05) is 11.2 Å². The standard InChI is InChI=1S/C11H13BrOS/c1-11(2)6-9(13)8-5-7(12)3-4-10(8)14-11/h3-4,8H,5-6H2,1-2H3. The molecule has 2 aliphatic rings. The zero-order valence-corrected chi connectivity index (χ0v) is 10.7. The van der Waals surface area contributed by atoms with E-state index >= 15 is 0 Å². The average Bonchev–Trinajstić information content (AvgIpc) is 2.05. The molecule has 0 aromatic carbocycles. The fourth-order valence-corrected chi connectivity index (χ4v) is 3.73. The van der Waals surface area contributed by atoms with Gasteiger partial charge in [0.2, 0.25) is 0 Å². The van der Waals surface area contributed by atoms with E-state index in [1.165, 1.54) is 4.91 Å². The Kier molecular flexibility index (Phi) is 2.64. The Bertz CT molecular complexity index is 341. The van der Waals surface area contributed by atoms with Gasteiger partial charge >= 0.3 is 0 Å². The van der Waals surface area contributed by atoms with Crippen molar-refractivity contribution in [1.29, 1.82) is 0 Å². The van der Waals surface area contributed by atoms with Crippen LogP contribution in [0, 0.1) is 5.92 Å². The first-order chi connectivity index (χ1) is 6.48. The second-order valence-corrected chi connectivity index (χ2v) is 7.24. The van der Waals surface area contributed by atoms with Crippen LogP contribution in [0.5, 0.6) is 0 Å². The lowest BCUT2D eigenvalue weighted by molar-refractivity contribution is -0.122. The monoisotopic (exact) mass is 272 g/mol. The molecule has 3 heteroatoms. The van der Waals surface area contributed by atoms with E-state index in [0.717, 1.165) is 10.9 Å². The summed E-state index contributed by atoms with van der Waals surface area (Å²) in [5.41, 5.74) is 0. The van der Waals surface area contributed by atoms with Crippen molar-refractivity contribution < 1.29 is 4.79 Å². The van der Waals surface area contributed by atoms with E-state index < -0.39 is 0 Å². The fourth-order valence-electron chi connectivity index (χ4n) is 1.93. The average molecular weight is 273 g/mol. The molecule has 1 heterocycles. The van der Waals surface area contributed by atoms with Crippen LogP contribution in [0.15, 0.2) is 21.5 Å². The number of rotatable bonds is 0. The van der Waals surface area contributed by atoms with Crippen LogP contribution >= 0.6 is 27.7 Å². The van der Waals surface area contributed by atoms with Crippen LogP contribution in [0.2, 0.25) is 0 Å². The maximum Gasteiger partial charge on any atom is 0.142 e. The van der Waals surface area contributed by atoms with E-state index in [1.54, 1.807) is 0 Å². The Morgan fingerprint density at radius 2 is 2.21 bits per heavy atom. The van der Waals surface area contributed by atoms with E-state index in [1.807, 2.05) is 11.8 Å². The first kappa shape index (κ1) is 10.5. The quantitative estimate of drug-likeness (QED) is 0.670. The summed E-state index contributed by atoms with van der Waals surface area (Å²) in [6.45, 7) is 4.28. The molecule has 1 nitrogen and oxygen atoms in total. The van der Waals surface area contributed by atoms with Gasteiger partial charge in [0.25, 0.3) is 0 Å². The van der Waals surface area contributed by atoms with Gasteiger partial charge in [0.05, 0.1) is 5.92 Å². The minimum absolute atomic E-state index is 0.0804. The number of thioether (sulfide) groups is 1. The van der Waals surface area contributed by atoms with E-state index in [4.69, 9.17) is 0 Å². The molecule has 76 valence electrons. The minimum atomic E-state index is 0.0804. The normalized spacial score (nSPS) is 30.5. The third-order valence-electron chi connectivity index (χ3n) is 2.55. The molecular formula is C11H13BrOS. The predicted molar refractivity (Wildman–Crippen MR) is 64.5 cm³/mol. The summed E-state index contributed by atoms with van der Waals surface area (Å²) in [5, 5.41) is 0. The van der Waals surface area contributed by atoms with E-state index in [0.29, 0.717) is 12.2 Å². The maximum absolute atomic E-state index is 11.9. The second kappa shape index (κ2) is 3.53. The second-order valence-electron chi connectivity index (χ2n) is 4.44. The number of carbonyl (C=O) groups excluding carboxylic acids is 1. The summed E-state index contributed by atoms with van der Waals surface area (Å²) in [6, 6.07) is 0. The van der Waals surface area contributed by atoms with Crippen molar-refractivity contribution in [3.05, 3.63) is 21.5 Å². The largest absolute Gasteiger partial charge is 0.299 e. The highest BCUT2D eigenvalue weighted by Gasteiger charge is 2.38. The van der Waals surface area contributed by atoms with Crippen molar-refractivity contribution in [1.82, 2.24) is 0 Å². The SMILES string of the molecule is CC1(C)CC(=O)C2CC(Br)=CC=C2S1. The predicted octanol–water partition coefficient (Wildman–Crippen LogP) is 3.65. The maximum atomic E-state index is 11.9. The summed E-state index contributed by atoms with van der Waals surface area (Å²) in [7, 11) is 0. The summed E-state index contributed by atoms with van der Waals surface area (Å²) in [4.78, 5) is 13.1. The number of fused-ring (bicyclic) bond motifs is 1. The molecule has 0 spiro atoms. The minimum Gasteiger partial charge on any atom is -0.299 e. The third kappa shape index (κ3) is 1.98. The number of hydrogen-bond acceptors (Lipinski definition) is 2. The molecule has 2 rings (SSSR count). The first-order valence-corrected chi connectivity index (χ1v) is 6.37. The first-order valence-electron chi connectivity index (χ1n) is 4.76. The molecule has 0 saturated carbocycles. The molecule has 1 fully saturated rings. The Balaban J connectivity index is 2.30. The zero-order valence-electron chi connectivity index (χ0n) is 8.34. The highest BCUT2D eigenvalue weighted by atomic mass is 79.9. The van der Waals surface area contributed by atoms with Gasteiger partial charge in [0.1, 0.15) is 5.78 Å². The lowest BCUT2D eigenvalue weighted by atomic mass is 9.89. The van der Waals surface area contributed by atoms with E-state index in [2.05, 4.69) is 41.9 Å². The van der Waals surface area contributed by atoms with Gasteiger partial charge in [-0.15, -0.1) is 11.8 Å². The van der Waals surface area contributed by atoms with E-state index in [9.17, 15) is 4.79 Å². The van der Waals surface area contributed by atoms with Gasteiger partial charge in [-0.1, -0.05) is 28.1 Å². The molecule has 1 atom stereocenters. The number of ketones is 1. The lowest BCUT2D eigenvalue weighted by Crippen LogP contribution is -2.33. The molecule has 1 aliphatic heterocycles. The van der Waals surface area contributed by atoms with Gasteiger partial charge in [-0.25, -0.2) is 0 Å². The van der Waals surface area contributed by atoms with Crippen LogP contribution in [-0.4, -0.2) is 10.5 Å². The van der Waals surface area contributed by atoms with Crippen LogP contribution in [-0.2, 0) is 4.79 Å². The number of halogens is 1. The van der Waals surface area contributed by atoms with Gasteiger partial charge < -0.3 is 0 Å². The highest BCUT2D eigenvalue weighted by molar-refractivity contribution is 9.11. The molecular weight excluding hydrogens is 260 g/mol. The highest BCUT2D eigenvalue weighted by Crippen LogP contribution is 2.48. The van der Waals surface area contributed by atoms with Crippen molar-refractivity contribution in [2.75, 3.05) is 0 Å². The Hall–Kier alpha value is -0.0200. The molecule has 0 amide bonds. The summed E-state index contributed by atoms with van der Waals surface area (Å²) in [5.74, 6) is 0.525. The van der Waals surface area contributed by atoms with Crippen molar-refractivity contribution in [2.45, 2.75) is 31.4 Å².